The van der Waals surface area contributed by atoms with E-state index in [0.717, 1.165) is 18.6 Å². The van der Waals surface area contributed by atoms with Gasteiger partial charge in [-0.05, 0) is 32.4 Å². The molecule has 1 amide bonds. The van der Waals surface area contributed by atoms with Gasteiger partial charge in [0.1, 0.15) is 11.5 Å². The zero-order chi connectivity index (χ0) is 14.7. The number of hydrogen-bond acceptors (Lipinski definition) is 4. The van der Waals surface area contributed by atoms with E-state index in [2.05, 4.69) is 10.4 Å². The van der Waals surface area contributed by atoms with Crippen LogP contribution in [0.15, 0.2) is 22.8 Å². The van der Waals surface area contributed by atoms with Crippen LogP contribution in [0.2, 0.25) is 0 Å². The van der Waals surface area contributed by atoms with Gasteiger partial charge in [-0.3, -0.25) is 9.48 Å². The van der Waals surface area contributed by atoms with Crippen molar-refractivity contribution in [2.75, 3.05) is 5.73 Å². The van der Waals surface area contributed by atoms with E-state index in [9.17, 15) is 4.79 Å². The van der Waals surface area contributed by atoms with Gasteiger partial charge < -0.3 is 15.5 Å². The maximum Gasteiger partial charge on any atom is 0.271 e. The smallest absolute Gasteiger partial charge is 0.271 e. The molecule has 1 atom stereocenters. The average molecular weight is 276 g/mol. The number of furan rings is 1. The van der Waals surface area contributed by atoms with Gasteiger partial charge in [-0.25, -0.2) is 0 Å². The van der Waals surface area contributed by atoms with Crippen LogP contribution in [-0.4, -0.2) is 21.7 Å². The summed E-state index contributed by atoms with van der Waals surface area (Å²) in [5.41, 5.74) is 7.38. The van der Waals surface area contributed by atoms with E-state index in [1.807, 2.05) is 19.1 Å². The molecule has 0 bridgehead atoms. The van der Waals surface area contributed by atoms with Crippen LogP contribution < -0.4 is 11.1 Å². The summed E-state index contributed by atoms with van der Waals surface area (Å²) in [5.74, 6) is 0.722. The van der Waals surface area contributed by atoms with E-state index < -0.39 is 0 Å². The predicted molar refractivity (Wildman–Crippen MR) is 76.3 cm³/mol. The summed E-state index contributed by atoms with van der Waals surface area (Å²) in [4.78, 5) is 12.2. The van der Waals surface area contributed by atoms with Gasteiger partial charge >= 0.3 is 0 Å². The molecule has 3 N–H and O–H groups in total. The van der Waals surface area contributed by atoms with E-state index >= 15 is 0 Å². The number of aromatic nitrogens is 2. The Balaban J connectivity index is 1.93. The van der Waals surface area contributed by atoms with Crippen LogP contribution in [0.4, 0.5) is 5.69 Å². The molecule has 0 aliphatic heterocycles. The molecule has 0 fully saturated rings. The molecule has 0 spiro atoms. The second-order valence-electron chi connectivity index (χ2n) is 4.96. The SMILES string of the molecule is Cc1nn(C)c(C(=O)NC(C)CCc2ccco2)c1N. The maximum atomic E-state index is 12.2. The third-order valence-corrected chi connectivity index (χ3v) is 3.26. The molecule has 1 unspecified atom stereocenters. The first-order valence-electron chi connectivity index (χ1n) is 6.61. The number of nitrogens with two attached hydrogens (primary N) is 1. The van der Waals surface area contributed by atoms with Gasteiger partial charge in [0, 0.05) is 19.5 Å². The lowest BCUT2D eigenvalue weighted by molar-refractivity contribution is 0.0929. The minimum atomic E-state index is -0.197. The Morgan fingerprint density at radius 3 is 2.90 bits per heavy atom. The molecule has 0 saturated carbocycles. The standard InChI is InChI=1S/C14H20N4O2/c1-9(6-7-11-5-4-8-20-11)16-14(19)13-12(15)10(2)17-18(13)3/h4-5,8-9H,6-7,15H2,1-3H3,(H,16,19). The Hall–Kier alpha value is -2.24. The fourth-order valence-electron chi connectivity index (χ4n) is 2.12. The van der Waals surface area contributed by atoms with Crippen LogP contribution in [0, 0.1) is 6.92 Å². The number of aryl methyl sites for hydroxylation is 3. The highest BCUT2D eigenvalue weighted by molar-refractivity contribution is 5.98. The molecule has 108 valence electrons. The first-order valence-corrected chi connectivity index (χ1v) is 6.61. The summed E-state index contributed by atoms with van der Waals surface area (Å²) in [7, 11) is 1.71. The Morgan fingerprint density at radius 2 is 2.35 bits per heavy atom. The molecule has 0 aliphatic carbocycles. The molecular weight excluding hydrogens is 256 g/mol. The lowest BCUT2D eigenvalue weighted by atomic mass is 10.1. The zero-order valence-electron chi connectivity index (χ0n) is 12.0. The first kappa shape index (κ1) is 14.2. The van der Waals surface area contributed by atoms with Crippen molar-refractivity contribution in [3.63, 3.8) is 0 Å². The highest BCUT2D eigenvalue weighted by Crippen LogP contribution is 2.15. The van der Waals surface area contributed by atoms with E-state index in [0.29, 0.717) is 17.1 Å². The van der Waals surface area contributed by atoms with Crippen molar-refractivity contribution in [2.45, 2.75) is 32.7 Å². The van der Waals surface area contributed by atoms with Crippen LogP contribution in [0.1, 0.15) is 35.3 Å². The predicted octanol–water partition coefficient (Wildman–Crippen LogP) is 1.65. The van der Waals surface area contributed by atoms with E-state index in [1.54, 1.807) is 20.2 Å². The summed E-state index contributed by atoms with van der Waals surface area (Å²) in [6.45, 7) is 3.74. The van der Waals surface area contributed by atoms with Crippen LogP contribution in [0.25, 0.3) is 0 Å². The molecule has 2 aromatic heterocycles. The minimum absolute atomic E-state index is 0.0298. The number of nitrogens with zero attached hydrogens (tertiary/aromatic N) is 2. The van der Waals surface area contributed by atoms with Crippen molar-refractivity contribution in [1.29, 1.82) is 0 Å². The second kappa shape index (κ2) is 5.81. The summed E-state index contributed by atoms with van der Waals surface area (Å²) in [6, 6.07) is 3.82. The maximum absolute atomic E-state index is 12.2. The van der Waals surface area contributed by atoms with Crippen LogP contribution in [-0.2, 0) is 13.5 Å². The highest BCUT2D eigenvalue weighted by Gasteiger charge is 2.19. The third kappa shape index (κ3) is 3.01. The first-order chi connectivity index (χ1) is 9.49. The van der Waals surface area contributed by atoms with Crippen molar-refractivity contribution in [3.05, 3.63) is 35.5 Å². The van der Waals surface area contributed by atoms with Crippen LogP contribution in [0.5, 0.6) is 0 Å². The molecule has 0 aliphatic rings. The molecule has 2 heterocycles. The molecule has 0 saturated heterocycles. The Kier molecular flexibility index (Phi) is 4.12. The van der Waals surface area contributed by atoms with Gasteiger partial charge in [-0.2, -0.15) is 5.10 Å². The molecule has 2 rings (SSSR count). The summed E-state index contributed by atoms with van der Waals surface area (Å²) in [6.07, 6.45) is 3.24. The van der Waals surface area contributed by atoms with Crippen molar-refractivity contribution in [1.82, 2.24) is 15.1 Å². The monoisotopic (exact) mass is 276 g/mol. The lowest BCUT2D eigenvalue weighted by Gasteiger charge is -2.13. The minimum Gasteiger partial charge on any atom is -0.469 e. The number of nitrogen functional groups attached to an aromatic ring is 1. The molecule has 0 aromatic carbocycles. The largest absolute Gasteiger partial charge is 0.469 e. The van der Waals surface area contributed by atoms with Gasteiger partial charge in [-0.15, -0.1) is 0 Å². The van der Waals surface area contributed by atoms with Crippen LogP contribution in [0.3, 0.4) is 0 Å². The molecule has 6 nitrogen and oxygen atoms in total. The van der Waals surface area contributed by atoms with Crippen molar-refractivity contribution in [3.8, 4) is 0 Å². The van der Waals surface area contributed by atoms with Gasteiger partial charge in [0.15, 0.2) is 0 Å². The fraction of sp³-hybridized carbons (Fsp3) is 0.429. The Morgan fingerprint density at radius 1 is 1.60 bits per heavy atom. The topological polar surface area (TPSA) is 86.1 Å². The Labute approximate surface area is 117 Å². The van der Waals surface area contributed by atoms with Gasteiger partial charge in [0.25, 0.3) is 5.91 Å². The number of carbonyl (C=O) groups is 1. The number of carbonyl (C=O) groups excluding carboxylic acids is 1. The number of rotatable bonds is 5. The van der Waals surface area contributed by atoms with Gasteiger partial charge in [0.05, 0.1) is 17.6 Å². The van der Waals surface area contributed by atoms with Crippen molar-refractivity contribution in [2.24, 2.45) is 7.05 Å². The molecule has 2 aromatic rings. The van der Waals surface area contributed by atoms with E-state index in [4.69, 9.17) is 10.2 Å². The Bertz CT molecular complexity index is 587. The van der Waals surface area contributed by atoms with Crippen molar-refractivity contribution >= 4 is 11.6 Å². The fourth-order valence-corrected chi connectivity index (χ4v) is 2.12. The second-order valence-corrected chi connectivity index (χ2v) is 4.96. The summed E-state index contributed by atoms with van der Waals surface area (Å²) < 4.78 is 6.78. The summed E-state index contributed by atoms with van der Waals surface area (Å²) >= 11 is 0. The van der Waals surface area contributed by atoms with Gasteiger partial charge in [-0.1, -0.05) is 0 Å². The van der Waals surface area contributed by atoms with Crippen LogP contribution >= 0.6 is 0 Å². The number of amides is 1. The summed E-state index contributed by atoms with van der Waals surface area (Å²) in [5, 5.41) is 7.07. The molecule has 6 heteroatoms. The lowest BCUT2D eigenvalue weighted by Crippen LogP contribution is -2.34. The molecular formula is C14H20N4O2. The zero-order valence-corrected chi connectivity index (χ0v) is 12.0. The van der Waals surface area contributed by atoms with Gasteiger partial charge in [0.2, 0.25) is 0 Å². The average Bonchev–Trinajstić information content (AvgIpc) is 2.96. The quantitative estimate of drug-likeness (QED) is 0.869. The molecule has 20 heavy (non-hydrogen) atoms. The molecule has 0 radical (unpaired) electrons. The van der Waals surface area contributed by atoms with E-state index in [-0.39, 0.29) is 11.9 Å². The number of nitrogens with one attached hydrogen (secondary N) is 1. The van der Waals surface area contributed by atoms with Crippen molar-refractivity contribution < 1.29 is 9.21 Å². The number of hydrogen-bond donors (Lipinski definition) is 2. The van der Waals surface area contributed by atoms with E-state index in [1.165, 1.54) is 4.68 Å². The normalized spacial score (nSPS) is 12.3. The number of anilines is 1. The highest BCUT2D eigenvalue weighted by atomic mass is 16.3. The third-order valence-electron chi connectivity index (χ3n) is 3.26.